The number of hydrogen-bond donors (Lipinski definition) is 0. The fourth-order valence-corrected chi connectivity index (χ4v) is 9.33. The summed E-state index contributed by atoms with van der Waals surface area (Å²) in [6, 6.07) is -0.168. The van der Waals surface area contributed by atoms with Crippen LogP contribution in [0.25, 0.3) is 0 Å². The van der Waals surface area contributed by atoms with Crippen molar-refractivity contribution in [3.8, 4) is 0 Å². The zero-order valence-electron chi connectivity index (χ0n) is 27.3. The molecule has 0 spiro atoms. The second kappa shape index (κ2) is 14.3. The second-order valence-corrected chi connectivity index (χ2v) is 12.7. The number of carbonyl (C=O) groups excluding carboxylic acids is 2. The van der Waals surface area contributed by atoms with E-state index in [9.17, 15) is 9.59 Å². The van der Waals surface area contributed by atoms with Crippen molar-refractivity contribution in [3.63, 3.8) is 0 Å². The van der Waals surface area contributed by atoms with Crippen LogP contribution < -0.4 is 0 Å². The van der Waals surface area contributed by atoms with Crippen LogP contribution in [-0.4, -0.2) is 16.7 Å². The summed E-state index contributed by atoms with van der Waals surface area (Å²) in [6.45, 7) is 18.6. The molecule has 1 aliphatic carbocycles. The van der Waals surface area contributed by atoms with Crippen LogP contribution in [0.3, 0.4) is 0 Å². The minimum Gasteiger partial charge on any atom is -0.269 e. The van der Waals surface area contributed by atoms with E-state index in [1.165, 1.54) is 23.3 Å². The molecule has 3 nitrogen and oxygen atoms in total. The molecule has 0 radical (unpaired) electrons. The molecule has 1 heterocycles. The summed E-state index contributed by atoms with van der Waals surface area (Å²) in [6.07, 6.45) is 20.7. The van der Waals surface area contributed by atoms with E-state index in [0.717, 1.165) is 103 Å². The van der Waals surface area contributed by atoms with E-state index >= 15 is 0 Å². The van der Waals surface area contributed by atoms with Gasteiger partial charge in [0.2, 0.25) is 0 Å². The molecule has 0 saturated heterocycles. The minimum atomic E-state index is -0.168. The van der Waals surface area contributed by atoms with Gasteiger partial charge in [-0.15, -0.1) is 0 Å². The van der Waals surface area contributed by atoms with Gasteiger partial charge in [-0.2, -0.15) is 0 Å². The number of amides is 2. The van der Waals surface area contributed by atoms with Gasteiger partial charge in [0.05, 0.1) is 6.04 Å². The third kappa shape index (κ3) is 5.24. The van der Waals surface area contributed by atoms with Crippen LogP contribution in [0.4, 0.5) is 0 Å². The molecule has 1 aromatic rings. The van der Waals surface area contributed by atoms with Crippen molar-refractivity contribution in [2.24, 2.45) is 5.41 Å². The summed E-state index contributed by atoms with van der Waals surface area (Å²) in [5.41, 5.74) is 9.17. The lowest BCUT2D eigenvalue weighted by Crippen LogP contribution is -2.50. The predicted molar refractivity (Wildman–Crippen MR) is 170 cm³/mol. The van der Waals surface area contributed by atoms with E-state index in [4.69, 9.17) is 0 Å². The van der Waals surface area contributed by atoms with Gasteiger partial charge in [-0.25, -0.2) is 0 Å². The van der Waals surface area contributed by atoms with E-state index in [1.54, 1.807) is 27.2 Å². The van der Waals surface area contributed by atoms with Crippen LogP contribution in [0.15, 0.2) is 12.2 Å². The average Bonchev–Trinajstić information content (AvgIpc) is 3.35. The van der Waals surface area contributed by atoms with Crippen molar-refractivity contribution in [1.82, 2.24) is 4.90 Å². The van der Waals surface area contributed by atoms with Crippen LogP contribution in [0.5, 0.6) is 0 Å². The van der Waals surface area contributed by atoms with E-state index < -0.39 is 0 Å². The molecule has 0 fully saturated rings. The normalized spacial score (nSPS) is 19.2. The third-order valence-electron chi connectivity index (χ3n) is 10.1. The van der Waals surface area contributed by atoms with Crippen LogP contribution in [-0.2, 0) is 40.7 Å². The Balaban J connectivity index is 2.69. The maximum atomic E-state index is 13.7. The largest absolute Gasteiger partial charge is 0.269 e. The number of fused-ring (bicyclic) bond motifs is 1. The van der Waals surface area contributed by atoms with Crippen molar-refractivity contribution >= 4 is 11.8 Å². The van der Waals surface area contributed by atoms with Crippen LogP contribution in [0, 0.1) is 5.41 Å². The quantitative estimate of drug-likeness (QED) is 0.181. The number of benzene rings is 1. The number of nitrogens with zero attached hydrogens (tertiary/aromatic N) is 1. The Labute approximate surface area is 246 Å². The minimum absolute atomic E-state index is 0.0219. The zero-order chi connectivity index (χ0) is 29.5. The molecule has 0 saturated carbocycles. The highest BCUT2D eigenvalue weighted by molar-refractivity contribution is 6.13. The van der Waals surface area contributed by atoms with E-state index in [-0.39, 0.29) is 28.7 Å². The summed E-state index contributed by atoms with van der Waals surface area (Å²) in [5, 5.41) is 0. The van der Waals surface area contributed by atoms with E-state index in [2.05, 4.69) is 55.4 Å². The smallest absolute Gasteiger partial charge is 0.254 e. The first-order valence-corrected chi connectivity index (χ1v) is 17.1. The average molecular weight is 550 g/mol. The molecule has 3 heteroatoms. The molecular weight excluding hydrogens is 490 g/mol. The molecule has 0 bridgehead atoms. The van der Waals surface area contributed by atoms with E-state index in [1.807, 2.05) is 0 Å². The van der Waals surface area contributed by atoms with Gasteiger partial charge in [0.1, 0.15) is 0 Å². The molecule has 2 amide bonds. The van der Waals surface area contributed by atoms with Crippen LogP contribution >= 0.6 is 0 Å². The number of hydrogen-bond acceptors (Lipinski definition) is 2. The lowest BCUT2D eigenvalue weighted by Gasteiger charge is -2.52. The van der Waals surface area contributed by atoms with Crippen LogP contribution in [0.2, 0.25) is 0 Å². The number of imide groups is 1. The molecule has 0 unspecified atom stereocenters. The molecule has 40 heavy (non-hydrogen) atoms. The first-order valence-electron chi connectivity index (χ1n) is 17.1. The van der Waals surface area contributed by atoms with Gasteiger partial charge in [0.15, 0.2) is 0 Å². The number of carbonyl (C=O) groups is 2. The fourth-order valence-electron chi connectivity index (χ4n) is 9.33. The first-order chi connectivity index (χ1) is 19.3. The summed E-state index contributed by atoms with van der Waals surface area (Å²) in [4.78, 5) is 29.1. The summed E-state index contributed by atoms with van der Waals surface area (Å²) >= 11 is 0. The van der Waals surface area contributed by atoms with Crippen molar-refractivity contribution in [2.75, 3.05) is 0 Å². The molecule has 224 valence electrons. The van der Waals surface area contributed by atoms with Gasteiger partial charge in [-0.1, -0.05) is 107 Å². The van der Waals surface area contributed by atoms with E-state index in [0.29, 0.717) is 0 Å². The zero-order valence-corrected chi connectivity index (χ0v) is 27.3. The van der Waals surface area contributed by atoms with Crippen molar-refractivity contribution < 1.29 is 9.59 Å². The number of rotatable bonds is 17. The maximum absolute atomic E-state index is 13.7. The Kier molecular flexibility index (Phi) is 11.7. The fraction of sp³-hybridized carbons (Fsp3) is 0.730. The van der Waals surface area contributed by atoms with Gasteiger partial charge >= 0.3 is 0 Å². The molecule has 1 aromatic carbocycles. The Bertz CT molecular complexity index is 1030. The van der Waals surface area contributed by atoms with Crippen molar-refractivity contribution in [3.05, 3.63) is 45.5 Å². The molecule has 0 N–H and O–H groups in total. The molecule has 0 aromatic heterocycles. The van der Waals surface area contributed by atoms with Crippen LogP contribution in [0.1, 0.15) is 172 Å². The Morgan fingerprint density at radius 3 is 1.38 bits per heavy atom. The highest BCUT2D eigenvalue weighted by atomic mass is 16.2. The molecule has 1 aliphatic heterocycles. The monoisotopic (exact) mass is 549 g/mol. The Morgan fingerprint density at radius 2 is 0.950 bits per heavy atom. The highest BCUT2D eigenvalue weighted by Gasteiger charge is 2.65. The third-order valence-corrected chi connectivity index (χ3v) is 10.1. The molecule has 3 rings (SSSR count). The van der Waals surface area contributed by atoms with Gasteiger partial charge in [0, 0.05) is 23.0 Å². The SMILES string of the molecule is CCCc1c(CCC)c(CCC)c2c(c1CCC)[C@@H](N1C(=O)C=CC1=O)C(CCC)(CCC)C2(CCC)CCC. The van der Waals surface area contributed by atoms with Gasteiger partial charge in [-0.3, -0.25) is 14.5 Å². The second-order valence-electron chi connectivity index (χ2n) is 12.7. The van der Waals surface area contributed by atoms with Gasteiger partial charge < -0.3 is 0 Å². The molecular formula is C37H59NO2. The summed E-state index contributed by atoms with van der Waals surface area (Å²) in [7, 11) is 0. The van der Waals surface area contributed by atoms with Gasteiger partial charge in [0.25, 0.3) is 11.8 Å². The van der Waals surface area contributed by atoms with Gasteiger partial charge in [-0.05, 0) is 84.7 Å². The molecule has 2 aliphatic rings. The Morgan fingerprint density at radius 1 is 0.550 bits per heavy atom. The summed E-state index contributed by atoms with van der Waals surface area (Å²) < 4.78 is 0. The molecule has 1 atom stereocenters. The standard InChI is InChI=1S/C37H59NO2/c1-9-17-27-28(18-10-2)30(20-12-4)34-33(29(27)19-11-3)35(38-31(39)21-22-32(38)40)37(25-15-7,26-16-8)36(34,23-13-5)24-14-6/h21-22,35H,9-20,23-26H2,1-8H3/t35-/m1/s1. The van der Waals surface area contributed by atoms with Crippen molar-refractivity contribution in [2.45, 2.75) is 170 Å². The lowest BCUT2D eigenvalue weighted by atomic mass is 9.54. The predicted octanol–water partition coefficient (Wildman–Crippen LogP) is 9.90. The summed E-state index contributed by atoms with van der Waals surface area (Å²) in [5.74, 6) is -0.203. The lowest BCUT2D eigenvalue weighted by molar-refractivity contribution is -0.145. The maximum Gasteiger partial charge on any atom is 0.254 e. The first kappa shape index (κ1) is 32.6. The Hall–Kier alpha value is -1.90. The highest BCUT2D eigenvalue weighted by Crippen LogP contribution is 2.70. The topological polar surface area (TPSA) is 37.4 Å². The van der Waals surface area contributed by atoms with Crippen molar-refractivity contribution in [1.29, 1.82) is 0 Å².